The molecule has 0 bridgehead atoms. The van der Waals surface area contributed by atoms with Crippen LogP contribution in [0.2, 0.25) is 0 Å². The minimum atomic E-state index is -0.499. The van der Waals surface area contributed by atoms with Crippen molar-refractivity contribution in [2.75, 3.05) is 13.2 Å². The third-order valence-electron chi connectivity index (χ3n) is 2.64. The second kappa shape index (κ2) is 11.8. The lowest BCUT2D eigenvalue weighted by atomic mass is 10.2. The van der Waals surface area contributed by atoms with E-state index in [0.717, 1.165) is 38.5 Å². The van der Waals surface area contributed by atoms with E-state index in [1.807, 2.05) is 0 Å². The van der Waals surface area contributed by atoms with E-state index >= 15 is 0 Å². The van der Waals surface area contributed by atoms with Gasteiger partial charge in [0.15, 0.2) is 0 Å². The highest BCUT2D eigenvalue weighted by atomic mass is 16.5. The number of ether oxygens (including phenoxy) is 2. The van der Waals surface area contributed by atoms with E-state index in [-0.39, 0.29) is 12.0 Å². The lowest BCUT2D eigenvalue weighted by Crippen LogP contribution is -2.14. The van der Waals surface area contributed by atoms with Gasteiger partial charge in [0.2, 0.25) is 0 Å². The van der Waals surface area contributed by atoms with Gasteiger partial charge in [-0.15, -0.1) is 0 Å². The van der Waals surface area contributed by atoms with E-state index in [9.17, 15) is 9.59 Å². The monoisotopic (exact) mass is 270 g/mol. The van der Waals surface area contributed by atoms with E-state index in [0.29, 0.717) is 13.2 Å². The molecule has 0 radical (unpaired) electrons. The number of carbonyl (C=O) groups is 2. The van der Waals surface area contributed by atoms with Gasteiger partial charge in [0.05, 0.1) is 19.6 Å². The maximum atomic E-state index is 11.5. The summed E-state index contributed by atoms with van der Waals surface area (Å²) in [6, 6.07) is 0. The minimum Gasteiger partial charge on any atom is -0.465 e. The molecule has 4 heteroatoms. The molecule has 0 spiro atoms. The van der Waals surface area contributed by atoms with Crippen LogP contribution in [0.25, 0.3) is 0 Å². The smallest absolute Gasteiger partial charge is 0.333 e. The first-order valence-corrected chi connectivity index (χ1v) is 7.12. The summed E-state index contributed by atoms with van der Waals surface area (Å²) in [6.07, 6.45) is 5.83. The Morgan fingerprint density at radius 3 is 1.95 bits per heavy atom. The molecule has 0 rings (SSSR count). The summed E-state index contributed by atoms with van der Waals surface area (Å²) < 4.78 is 10.0. The summed E-state index contributed by atoms with van der Waals surface area (Å²) in [5.41, 5.74) is 0.164. The number of rotatable bonds is 11. The second-order valence-electron chi connectivity index (χ2n) is 4.55. The van der Waals surface area contributed by atoms with Crippen LogP contribution in [0.1, 0.15) is 58.8 Å². The molecule has 4 nitrogen and oxygen atoms in total. The Hall–Kier alpha value is -1.32. The van der Waals surface area contributed by atoms with Crippen molar-refractivity contribution in [1.82, 2.24) is 0 Å². The number of hydrogen-bond acceptors (Lipinski definition) is 4. The highest BCUT2D eigenvalue weighted by Gasteiger charge is 2.13. The molecule has 0 atom stereocenters. The van der Waals surface area contributed by atoms with Crippen LogP contribution in [-0.2, 0) is 19.1 Å². The van der Waals surface area contributed by atoms with E-state index in [1.165, 1.54) is 0 Å². The predicted octanol–water partition coefficient (Wildman–Crippen LogP) is 3.40. The predicted molar refractivity (Wildman–Crippen MR) is 74.7 cm³/mol. The molecule has 0 amide bonds. The molecule has 0 aliphatic rings. The van der Waals surface area contributed by atoms with Crippen molar-refractivity contribution >= 4 is 11.9 Å². The molecule has 0 aromatic heterocycles. The van der Waals surface area contributed by atoms with Crippen molar-refractivity contribution in [3.8, 4) is 0 Å². The Bertz CT molecular complexity index is 284. The first kappa shape index (κ1) is 17.7. The van der Waals surface area contributed by atoms with Gasteiger partial charge in [0.25, 0.3) is 0 Å². The molecule has 0 heterocycles. The third kappa shape index (κ3) is 10.3. The lowest BCUT2D eigenvalue weighted by Gasteiger charge is -2.07. The Morgan fingerprint density at radius 1 is 0.895 bits per heavy atom. The summed E-state index contributed by atoms with van der Waals surface area (Å²) in [5, 5.41) is 0. The summed E-state index contributed by atoms with van der Waals surface area (Å²) in [7, 11) is 0. The highest BCUT2D eigenvalue weighted by Crippen LogP contribution is 2.05. The normalized spacial score (nSPS) is 10.0. The molecule has 110 valence electrons. The molecule has 0 unspecified atom stereocenters. The van der Waals surface area contributed by atoms with Crippen molar-refractivity contribution in [1.29, 1.82) is 0 Å². The molecular formula is C15H26O4. The van der Waals surface area contributed by atoms with E-state index in [4.69, 9.17) is 9.47 Å². The van der Waals surface area contributed by atoms with Gasteiger partial charge >= 0.3 is 11.9 Å². The van der Waals surface area contributed by atoms with Crippen molar-refractivity contribution in [2.45, 2.75) is 58.8 Å². The van der Waals surface area contributed by atoms with Crippen LogP contribution in [0, 0.1) is 0 Å². The lowest BCUT2D eigenvalue weighted by molar-refractivity contribution is -0.146. The number of carbonyl (C=O) groups excluding carboxylic acids is 2. The molecule has 0 N–H and O–H groups in total. The van der Waals surface area contributed by atoms with Crippen LogP contribution in [0.4, 0.5) is 0 Å². The van der Waals surface area contributed by atoms with Crippen molar-refractivity contribution in [2.24, 2.45) is 0 Å². The molecule has 0 aliphatic carbocycles. The standard InChI is InChI=1S/C15H26O4/c1-4-6-8-10-18-14(16)12-13(3)15(17)19-11-9-7-5-2/h3-12H2,1-2H3. The van der Waals surface area contributed by atoms with Gasteiger partial charge in [-0.3, -0.25) is 4.79 Å². The van der Waals surface area contributed by atoms with Gasteiger partial charge in [0.1, 0.15) is 0 Å². The molecule has 19 heavy (non-hydrogen) atoms. The van der Waals surface area contributed by atoms with Crippen molar-refractivity contribution in [3.05, 3.63) is 12.2 Å². The van der Waals surface area contributed by atoms with E-state index < -0.39 is 11.9 Å². The third-order valence-corrected chi connectivity index (χ3v) is 2.64. The van der Waals surface area contributed by atoms with Gasteiger partial charge in [-0.2, -0.15) is 0 Å². The SMILES string of the molecule is C=C(CC(=O)OCCCCC)C(=O)OCCCCC. The maximum absolute atomic E-state index is 11.5. The zero-order valence-electron chi connectivity index (χ0n) is 12.2. The second-order valence-corrected chi connectivity index (χ2v) is 4.55. The van der Waals surface area contributed by atoms with Crippen LogP contribution >= 0.6 is 0 Å². The Kier molecular flexibility index (Phi) is 10.9. The maximum Gasteiger partial charge on any atom is 0.333 e. The molecule has 0 aromatic carbocycles. The quantitative estimate of drug-likeness (QED) is 0.328. The number of esters is 2. The largest absolute Gasteiger partial charge is 0.465 e. The minimum absolute atomic E-state index is 0.0846. The highest BCUT2D eigenvalue weighted by molar-refractivity contribution is 5.93. The molecule has 0 aromatic rings. The zero-order chi connectivity index (χ0) is 14.5. The first-order valence-electron chi connectivity index (χ1n) is 7.12. The molecule has 0 aliphatic heterocycles. The van der Waals surface area contributed by atoms with Crippen LogP contribution in [0.3, 0.4) is 0 Å². The van der Waals surface area contributed by atoms with Gasteiger partial charge in [-0.25, -0.2) is 4.79 Å². The average Bonchev–Trinajstić information content (AvgIpc) is 2.39. The fourth-order valence-corrected chi connectivity index (χ4v) is 1.45. The first-order chi connectivity index (χ1) is 9.11. The van der Waals surface area contributed by atoms with E-state index in [1.54, 1.807) is 0 Å². The van der Waals surface area contributed by atoms with Crippen molar-refractivity contribution < 1.29 is 19.1 Å². The Balaban J connectivity index is 3.70. The van der Waals surface area contributed by atoms with E-state index in [2.05, 4.69) is 20.4 Å². The van der Waals surface area contributed by atoms with Crippen LogP contribution in [0.15, 0.2) is 12.2 Å². The summed E-state index contributed by atoms with van der Waals surface area (Å²) in [5.74, 6) is -0.909. The molecule has 0 fully saturated rings. The fourth-order valence-electron chi connectivity index (χ4n) is 1.45. The van der Waals surface area contributed by atoms with Gasteiger partial charge < -0.3 is 9.47 Å². The number of unbranched alkanes of at least 4 members (excludes halogenated alkanes) is 4. The Morgan fingerprint density at radius 2 is 1.42 bits per heavy atom. The average molecular weight is 270 g/mol. The zero-order valence-corrected chi connectivity index (χ0v) is 12.2. The van der Waals surface area contributed by atoms with Gasteiger partial charge in [-0.1, -0.05) is 46.1 Å². The van der Waals surface area contributed by atoms with Crippen LogP contribution in [-0.4, -0.2) is 25.2 Å². The summed E-state index contributed by atoms with van der Waals surface area (Å²) in [4.78, 5) is 22.9. The van der Waals surface area contributed by atoms with Gasteiger partial charge in [0, 0.05) is 5.57 Å². The summed E-state index contributed by atoms with van der Waals surface area (Å²) in [6.45, 7) is 8.52. The van der Waals surface area contributed by atoms with Crippen LogP contribution in [0.5, 0.6) is 0 Å². The number of hydrogen-bond donors (Lipinski definition) is 0. The Labute approximate surface area is 116 Å². The molecule has 0 saturated carbocycles. The molecule has 0 saturated heterocycles. The van der Waals surface area contributed by atoms with Crippen LogP contribution < -0.4 is 0 Å². The topological polar surface area (TPSA) is 52.6 Å². The van der Waals surface area contributed by atoms with Crippen molar-refractivity contribution in [3.63, 3.8) is 0 Å². The summed E-state index contributed by atoms with van der Waals surface area (Å²) >= 11 is 0. The van der Waals surface area contributed by atoms with Gasteiger partial charge in [-0.05, 0) is 12.8 Å². The fraction of sp³-hybridized carbons (Fsp3) is 0.733. The molecular weight excluding hydrogens is 244 g/mol.